The van der Waals surface area contributed by atoms with E-state index in [2.05, 4.69) is 15.5 Å². The van der Waals surface area contributed by atoms with Gasteiger partial charge in [0.25, 0.3) is 0 Å². The van der Waals surface area contributed by atoms with Gasteiger partial charge in [-0.25, -0.2) is 4.98 Å². The third kappa shape index (κ3) is 2.42. The topological polar surface area (TPSA) is 93.6 Å². The van der Waals surface area contributed by atoms with Gasteiger partial charge >= 0.3 is 5.88 Å². The molecule has 0 aliphatic carbocycles. The lowest BCUT2D eigenvalue weighted by molar-refractivity contribution is -0.402. The van der Waals surface area contributed by atoms with Crippen molar-refractivity contribution < 1.29 is 9.34 Å². The number of hydrogen-bond acceptors (Lipinski definition) is 7. The van der Waals surface area contributed by atoms with Crippen molar-refractivity contribution in [2.45, 2.75) is 0 Å². The van der Waals surface area contributed by atoms with Crippen molar-refractivity contribution in [2.24, 2.45) is 5.10 Å². The van der Waals surface area contributed by atoms with Crippen LogP contribution in [0.3, 0.4) is 0 Å². The summed E-state index contributed by atoms with van der Waals surface area (Å²) in [6.07, 6.45) is 2.98. The highest BCUT2D eigenvalue weighted by atomic mass is 32.1. The molecule has 0 aromatic carbocycles. The summed E-state index contributed by atoms with van der Waals surface area (Å²) in [6.45, 7) is 0. The van der Waals surface area contributed by atoms with Crippen LogP contribution in [0.25, 0.3) is 0 Å². The summed E-state index contributed by atoms with van der Waals surface area (Å²) >= 11 is 1.39. The Morgan fingerprint density at radius 3 is 3.12 bits per heavy atom. The fourth-order valence-corrected chi connectivity index (χ4v) is 1.42. The molecular weight excluding hydrogens is 232 g/mol. The van der Waals surface area contributed by atoms with Crippen LogP contribution in [0.2, 0.25) is 0 Å². The lowest BCUT2D eigenvalue weighted by Gasteiger charge is -1.90. The minimum atomic E-state index is -0.606. The van der Waals surface area contributed by atoms with Crippen molar-refractivity contribution in [1.29, 1.82) is 0 Å². The quantitative estimate of drug-likeness (QED) is 0.500. The third-order valence-electron chi connectivity index (χ3n) is 1.58. The molecule has 0 unspecified atom stereocenters. The van der Waals surface area contributed by atoms with E-state index in [1.54, 1.807) is 11.6 Å². The number of hydrogen-bond donors (Lipinski definition) is 1. The Labute approximate surface area is 93.6 Å². The summed E-state index contributed by atoms with van der Waals surface area (Å²) < 4.78 is 4.86. The number of anilines is 1. The van der Waals surface area contributed by atoms with Crippen molar-refractivity contribution in [3.8, 4) is 0 Å². The molecule has 0 fully saturated rings. The van der Waals surface area contributed by atoms with Crippen molar-refractivity contribution in [2.75, 3.05) is 5.43 Å². The number of thiazole rings is 1. The van der Waals surface area contributed by atoms with Gasteiger partial charge < -0.3 is 4.42 Å². The van der Waals surface area contributed by atoms with E-state index < -0.39 is 4.92 Å². The smallest absolute Gasteiger partial charge is 0.400 e. The standard InChI is InChI=1S/C8H6N4O3S/c13-12(14)7-2-1-6(15-7)5-10-11-8-9-3-4-16-8/h1-5H,(H,9,11)/b10-5-. The number of aromatic nitrogens is 1. The summed E-state index contributed by atoms with van der Waals surface area (Å²) in [6, 6.07) is 2.73. The molecule has 2 rings (SSSR count). The van der Waals surface area contributed by atoms with E-state index in [1.165, 1.54) is 29.7 Å². The van der Waals surface area contributed by atoms with E-state index in [4.69, 9.17) is 4.42 Å². The average Bonchev–Trinajstić information content (AvgIpc) is 2.87. The molecule has 0 saturated heterocycles. The maximum absolute atomic E-state index is 10.3. The molecule has 0 radical (unpaired) electrons. The normalized spacial score (nSPS) is 10.8. The van der Waals surface area contributed by atoms with Crippen LogP contribution < -0.4 is 5.43 Å². The molecule has 7 nitrogen and oxygen atoms in total. The van der Waals surface area contributed by atoms with Gasteiger partial charge in [0.05, 0.1) is 12.3 Å². The SMILES string of the molecule is O=[N+]([O-])c1ccc(/C=N\Nc2nccs2)o1. The predicted octanol–water partition coefficient (Wildman–Crippen LogP) is 2.09. The van der Waals surface area contributed by atoms with Crippen LogP contribution in [0, 0.1) is 10.1 Å². The lowest BCUT2D eigenvalue weighted by Crippen LogP contribution is -1.88. The summed E-state index contributed by atoms with van der Waals surface area (Å²) in [7, 11) is 0. The molecule has 0 aliphatic rings. The highest BCUT2D eigenvalue weighted by Gasteiger charge is 2.09. The van der Waals surface area contributed by atoms with Crippen molar-refractivity contribution in [3.05, 3.63) is 39.6 Å². The maximum Gasteiger partial charge on any atom is 0.433 e. The van der Waals surface area contributed by atoms with Gasteiger partial charge in [-0.15, -0.1) is 11.3 Å². The van der Waals surface area contributed by atoms with Gasteiger partial charge in [0, 0.05) is 11.6 Å². The average molecular weight is 238 g/mol. The lowest BCUT2D eigenvalue weighted by atomic mass is 10.5. The first-order chi connectivity index (χ1) is 7.75. The van der Waals surface area contributed by atoms with Crippen molar-refractivity contribution in [3.63, 3.8) is 0 Å². The van der Waals surface area contributed by atoms with Gasteiger partial charge in [0.2, 0.25) is 5.13 Å². The molecule has 0 aliphatic heterocycles. The number of nitrogens with one attached hydrogen (secondary N) is 1. The summed E-state index contributed by atoms with van der Waals surface area (Å²) in [5.74, 6) is -0.00791. The minimum Gasteiger partial charge on any atom is -0.400 e. The fraction of sp³-hybridized carbons (Fsp3) is 0. The van der Waals surface area contributed by atoms with E-state index in [9.17, 15) is 10.1 Å². The Hall–Kier alpha value is -2.22. The molecule has 0 spiro atoms. The highest BCUT2D eigenvalue weighted by molar-refractivity contribution is 7.13. The maximum atomic E-state index is 10.3. The van der Waals surface area contributed by atoms with Gasteiger partial charge in [0.15, 0.2) is 5.76 Å². The number of nitro groups is 1. The second kappa shape index (κ2) is 4.53. The van der Waals surface area contributed by atoms with Crippen LogP contribution >= 0.6 is 11.3 Å². The van der Waals surface area contributed by atoms with E-state index in [1.807, 2.05) is 0 Å². The zero-order chi connectivity index (χ0) is 11.4. The first kappa shape index (κ1) is 10.3. The van der Waals surface area contributed by atoms with Crippen LogP contribution in [0.5, 0.6) is 0 Å². The first-order valence-corrected chi connectivity index (χ1v) is 5.06. The second-order valence-corrected chi connectivity index (χ2v) is 3.53. The Balaban J connectivity index is 1.98. The number of furan rings is 1. The van der Waals surface area contributed by atoms with Crippen molar-refractivity contribution >= 4 is 28.6 Å². The van der Waals surface area contributed by atoms with E-state index in [-0.39, 0.29) is 5.88 Å². The van der Waals surface area contributed by atoms with Crippen LogP contribution in [-0.2, 0) is 0 Å². The molecule has 0 saturated carbocycles. The van der Waals surface area contributed by atoms with Crippen LogP contribution in [0.4, 0.5) is 11.0 Å². The van der Waals surface area contributed by atoms with Crippen LogP contribution in [-0.4, -0.2) is 16.1 Å². The molecule has 2 aromatic heterocycles. The third-order valence-corrected chi connectivity index (χ3v) is 2.25. The Morgan fingerprint density at radius 2 is 2.50 bits per heavy atom. The predicted molar refractivity (Wildman–Crippen MR) is 58.7 cm³/mol. The molecule has 16 heavy (non-hydrogen) atoms. The first-order valence-electron chi connectivity index (χ1n) is 4.18. The zero-order valence-corrected chi connectivity index (χ0v) is 8.68. The number of rotatable bonds is 4. The number of hydrazone groups is 1. The zero-order valence-electron chi connectivity index (χ0n) is 7.86. The molecule has 2 aromatic rings. The monoisotopic (exact) mass is 238 g/mol. The molecule has 1 N–H and O–H groups in total. The summed E-state index contributed by atoms with van der Waals surface area (Å²) in [5.41, 5.74) is 2.66. The molecular formula is C8H6N4O3S. The van der Waals surface area contributed by atoms with E-state index in [0.29, 0.717) is 10.9 Å². The Kier molecular flexibility index (Phi) is 2.92. The van der Waals surface area contributed by atoms with Gasteiger partial charge in [-0.3, -0.25) is 15.5 Å². The fourth-order valence-electron chi connectivity index (χ4n) is 0.939. The largest absolute Gasteiger partial charge is 0.433 e. The number of nitrogens with zero attached hydrogens (tertiary/aromatic N) is 3. The van der Waals surface area contributed by atoms with Crippen LogP contribution in [0.15, 0.2) is 33.2 Å². The molecule has 82 valence electrons. The van der Waals surface area contributed by atoms with Gasteiger partial charge in [0.1, 0.15) is 4.92 Å². The summed E-state index contributed by atoms with van der Waals surface area (Å²) in [4.78, 5) is 13.6. The van der Waals surface area contributed by atoms with E-state index >= 15 is 0 Å². The van der Waals surface area contributed by atoms with Gasteiger partial charge in [-0.1, -0.05) is 0 Å². The minimum absolute atomic E-state index is 0.302. The van der Waals surface area contributed by atoms with Crippen LogP contribution in [0.1, 0.15) is 5.76 Å². The molecule has 0 atom stereocenters. The highest BCUT2D eigenvalue weighted by Crippen LogP contribution is 2.14. The molecule has 2 heterocycles. The van der Waals surface area contributed by atoms with Gasteiger partial charge in [-0.2, -0.15) is 5.10 Å². The Morgan fingerprint density at radius 1 is 1.62 bits per heavy atom. The van der Waals surface area contributed by atoms with Crippen molar-refractivity contribution in [1.82, 2.24) is 4.98 Å². The summed E-state index contributed by atoms with van der Waals surface area (Å²) in [5, 5.41) is 16.6. The molecule has 8 heteroatoms. The second-order valence-electron chi connectivity index (χ2n) is 2.64. The molecule has 0 amide bonds. The van der Waals surface area contributed by atoms with E-state index in [0.717, 1.165) is 0 Å². The van der Waals surface area contributed by atoms with Gasteiger partial charge in [-0.05, 0) is 6.07 Å². The molecule has 0 bridgehead atoms. The Bertz CT molecular complexity index is 505.